The van der Waals surface area contributed by atoms with Crippen LogP contribution < -0.4 is 5.32 Å². The van der Waals surface area contributed by atoms with Crippen LogP contribution in [-0.4, -0.2) is 43.7 Å². The molecule has 0 aromatic heterocycles. The smallest absolute Gasteiger partial charge is 0.153 e. The van der Waals surface area contributed by atoms with Crippen molar-refractivity contribution in [2.75, 3.05) is 18.1 Å². The number of hydrogen-bond donors (Lipinski definition) is 2. The predicted octanol–water partition coefficient (Wildman–Crippen LogP) is 0.704. The van der Waals surface area contributed by atoms with Gasteiger partial charge in [-0.1, -0.05) is 12.8 Å². The molecule has 0 saturated heterocycles. The van der Waals surface area contributed by atoms with Gasteiger partial charge in [-0.05, 0) is 31.6 Å². The molecule has 0 radical (unpaired) electrons. The normalized spacial score (nSPS) is 24.1. The summed E-state index contributed by atoms with van der Waals surface area (Å²) in [7, 11) is -3.08. The Bertz CT molecular complexity index is 332. The molecule has 1 unspecified atom stereocenters. The zero-order valence-corrected chi connectivity index (χ0v) is 11.1. The van der Waals surface area contributed by atoms with Crippen LogP contribution in [0, 0.1) is 5.92 Å². The minimum absolute atomic E-state index is 0.0801. The van der Waals surface area contributed by atoms with Crippen LogP contribution >= 0.6 is 0 Å². The minimum atomic E-state index is -3.08. The molecule has 2 fully saturated rings. The lowest BCUT2D eigenvalue weighted by molar-refractivity contribution is 0.193. The third kappa shape index (κ3) is 4.94. The Morgan fingerprint density at radius 3 is 2.41 bits per heavy atom. The average Bonchev–Trinajstić information content (AvgIpc) is 2.93. The van der Waals surface area contributed by atoms with E-state index in [1.165, 1.54) is 0 Å². The second-order valence-electron chi connectivity index (χ2n) is 5.56. The Balaban J connectivity index is 1.70. The second-order valence-corrected chi connectivity index (χ2v) is 7.72. The highest BCUT2D eigenvalue weighted by Gasteiger charge is 2.26. The van der Waals surface area contributed by atoms with Gasteiger partial charge in [-0.25, -0.2) is 8.42 Å². The summed E-state index contributed by atoms with van der Waals surface area (Å²) in [5.41, 5.74) is 0. The van der Waals surface area contributed by atoms with Crippen LogP contribution in [0.15, 0.2) is 0 Å². The summed E-state index contributed by atoms with van der Waals surface area (Å²) in [6.07, 6.45) is 5.95. The molecule has 100 valence electrons. The van der Waals surface area contributed by atoms with Gasteiger partial charge in [-0.15, -0.1) is 0 Å². The van der Waals surface area contributed by atoms with Gasteiger partial charge in [0.05, 0.1) is 17.6 Å². The van der Waals surface area contributed by atoms with E-state index in [4.69, 9.17) is 0 Å². The van der Waals surface area contributed by atoms with Crippen molar-refractivity contribution in [3.8, 4) is 0 Å². The molecular weight excluding hydrogens is 238 g/mol. The Morgan fingerprint density at radius 2 is 1.82 bits per heavy atom. The molecule has 0 aromatic carbocycles. The predicted molar refractivity (Wildman–Crippen MR) is 67.6 cm³/mol. The zero-order chi connectivity index (χ0) is 12.3. The zero-order valence-electron chi connectivity index (χ0n) is 10.3. The van der Waals surface area contributed by atoms with Crippen LogP contribution in [0.5, 0.6) is 0 Å². The van der Waals surface area contributed by atoms with Crippen LogP contribution in [-0.2, 0) is 9.84 Å². The summed E-state index contributed by atoms with van der Waals surface area (Å²) in [5.74, 6) is 0.528. The maximum Gasteiger partial charge on any atom is 0.153 e. The first-order valence-electron chi connectivity index (χ1n) is 6.67. The first-order valence-corrected chi connectivity index (χ1v) is 8.49. The first kappa shape index (κ1) is 13.3. The molecule has 2 saturated carbocycles. The third-order valence-electron chi connectivity index (χ3n) is 3.63. The SMILES string of the molecule is O=S(=O)(CC(O)CNC1CC1)CC1CCCC1. The lowest BCUT2D eigenvalue weighted by atomic mass is 10.1. The van der Waals surface area contributed by atoms with E-state index >= 15 is 0 Å². The Kier molecular flexibility index (Phi) is 4.44. The fourth-order valence-corrected chi connectivity index (χ4v) is 4.44. The third-order valence-corrected chi connectivity index (χ3v) is 5.50. The summed E-state index contributed by atoms with van der Waals surface area (Å²) < 4.78 is 23.7. The van der Waals surface area contributed by atoms with Crippen LogP contribution in [0.2, 0.25) is 0 Å². The molecule has 2 aliphatic rings. The molecule has 1 atom stereocenters. The number of nitrogens with one attached hydrogen (secondary N) is 1. The van der Waals surface area contributed by atoms with Gasteiger partial charge in [0, 0.05) is 12.6 Å². The van der Waals surface area contributed by atoms with Gasteiger partial charge in [-0.2, -0.15) is 0 Å². The Hall–Kier alpha value is -0.130. The maximum atomic E-state index is 11.9. The summed E-state index contributed by atoms with van der Waals surface area (Å²) in [5, 5.41) is 12.9. The molecule has 0 amide bonds. The van der Waals surface area contributed by atoms with Gasteiger partial charge in [-0.3, -0.25) is 0 Å². The highest BCUT2D eigenvalue weighted by atomic mass is 32.2. The molecule has 17 heavy (non-hydrogen) atoms. The van der Waals surface area contributed by atoms with Crippen molar-refractivity contribution in [1.29, 1.82) is 0 Å². The van der Waals surface area contributed by atoms with Gasteiger partial charge in [0.15, 0.2) is 9.84 Å². The molecule has 0 heterocycles. The van der Waals surface area contributed by atoms with Gasteiger partial charge < -0.3 is 10.4 Å². The van der Waals surface area contributed by atoms with Crippen molar-refractivity contribution in [2.45, 2.75) is 50.7 Å². The van der Waals surface area contributed by atoms with Crippen molar-refractivity contribution >= 4 is 9.84 Å². The fraction of sp³-hybridized carbons (Fsp3) is 1.00. The van der Waals surface area contributed by atoms with Crippen LogP contribution in [0.3, 0.4) is 0 Å². The second kappa shape index (κ2) is 5.67. The number of rotatable bonds is 7. The standard InChI is InChI=1S/C12H23NO3S/c14-12(7-13-11-5-6-11)9-17(15,16)8-10-3-1-2-4-10/h10-14H,1-9H2. The number of hydrogen-bond acceptors (Lipinski definition) is 4. The summed E-state index contributed by atoms with van der Waals surface area (Å²) >= 11 is 0. The van der Waals surface area contributed by atoms with Crippen molar-refractivity contribution in [2.24, 2.45) is 5.92 Å². The average molecular weight is 261 g/mol. The fourth-order valence-electron chi connectivity index (χ4n) is 2.55. The van der Waals surface area contributed by atoms with E-state index in [9.17, 15) is 13.5 Å². The van der Waals surface area contributed by atoms with Crippen LogP contribution in [0.4, 0.5) is 0 Å². The molecule has 2 N–H and O–H groups in total. The summed E-state index contributed by atoms with van der Waals surface area (Å²) in [6.45, 7) is 0.411. The topological polar surface area (TPSA) is 66.4 Å². The number of sulfone groups is 1. The lowest BCUT2D eigenvalue weighted by Crippen LogP contribution is -2.35. The molecule has 0 spiro atoms. The van der Waals surface area contributed by atoms with E-state index in [2.05, 4.69) is 5.32 Å². The maximum absolute atomic E-state index is 11.9. The highest BCUT2D eigenvalue weighted by molar-refractivity contribution is 7.91. The van der Waals surface area contributed by atoms with Crippen molar-refractivity contribution < 1.29 is 13.5 Å². The van der Waals surface area contributed by atoms with E-state index in [1.54, 1.807) is 0 Å². The van der Waals surface area contributed by atoms with E-state index in [1.807, 2.05) is 0 Å². The van der Waals surface area contributed by atoms with Gasteiger partial charge in [0.25, 0.3) is 0 Å². The molecule has 0 bridgehead atoms. The van der Waals surface area contributed by atoms with Gasteiger partial charge in [0.2, 0.25) is 0 Å². The summed E-state index contributed by atoms with van der Waals surface area (Å²) in [4.78, 5) is 0. The monoisotopic (exact) mass is 261 g/mol. The van der Waals surface area contributed by atoms with E-state index in [0.29, 0.717) is 18.5 Å². The van der Waals surface area contributed by atoms with Crippen LogP contribution in [0.1, 0.15) is 38.5 Å². The quantitative estimate of drug-likeness (QED) is 0.708. The Labute approximate surface area is 104 Å². The summed E-state index contributed by atoms with van der Waals surface area (Å²) in [6, 6.07) is 0.516. The highest BCUT2D eigenvalue weighted by Crippen LogP contribution is 2.26. The molecule has 5 heteroatoms. The van der Waals surface area contributed by atoms with Crippen molar-refractivity contribution in [3.63, 3.8) is 0 Å². The molecule has 2 aliphatic carbocycles. The van der Waals surface area contributed by atoms with Crippen molar-refractivity contribution in [3.05, 3.63) is 0 Å². The van der Waals surface area contributed by atoms with Crippen LogP contribution in [0.25, 0.3) is 0 Å². The molecular formula is C12H23NO3S. The van der Waals surface area contributed by atoms with Gasteiger partial charge in [0.1, 0.15) is 0 Å². The molecule has 2 rings (SSSR count). The van der Waals surface area contributed by atoms with Crippen molar-refractivity contribution in [1.82, 2.24) is 5.32 Å². The number of aliphatic hydroxyl groups excluding tert-OH is 1. The van der Waals surface area contributed by atoms with E-state index in [0.717, 1.165) is 38.5 Å². The van der Waals surface area contributed by atoms with E-state index < -0.39 is 15.9 Å². The largest absolute Gasteiger partial charge is 0.391 e. The number of aliphatic hydroxyl groups is 1. The first-order chi connectivity index (χ1) is 8.05. The molecule has 4 nitrogen and oxygen atoms in total. The van der Waals surface area contributed by atoms with E-state index in [-0.39, 0.29) is 11.5 Å². The molecule has 0 aromatic rings. The molecule has 0 aliphatic heterocycles. The lowest BCUT2D eigenvalue weighted by Gasteiger charge is -2.14. The van der Waals surface area contributed by atoms with Gasteiger partial charge >= 0.3 is 0 Å². The Morgan fingerprint density at radius 1 is 1.18 bits per heavy atom. The minimum Gasteiger partial charge on any atom is -0.391 e.